The van der Waals surface area contributed by atoms with E-state index in [1.54, 1.807) is 20.8 Å². The molecule has 0 unspecified atom stereocenters. The minimum atomic E-state index is -0.812. The van der Waals surface area contributed by atoms with Gasteiger partial charge in [0.05, 0.1) is 21.7 Å². The lowest BCUT2D eigenvalue weighted by atomic mass is 9.91. The quantitative estimate of drug-likeness (QED) is 0.321. The third kappa shape index (κ3) is 3.69. The Morgan fingerprint density at radius 2 is 1.67 bits per heavy atom. The van der Waals surface area contributed by atoms with Crippen LogP contribution in [0.25, 0.3) is 0 Å². The van der Waals surface area contributed by atoms with Crippen LogP contribution in [0.4, 0.5) is 11.4 Å². The molecule has 9 nitrogen and oxygen atoms in total. The number of ether oxygens (including phenoxy) is 1. The molecule has 0 N–H and O–H groups in total. The summed E-state index contributed by atoms with van der Waals surface area (Å²) in [5.74, 6) is -2.46. The van der Waals surface area contributed by atoms with Gasteiger partial charge in [-0.15, -0.1) is 0 Å². The SMILES string of the molecule is CC(C)(C)C(=O)COC(=O)c1ccc(N2C(=O)c3cccc([N+](=O)[O-])c3C2=O)cc1. The van der Waals surface area contributed by atoms with E-state index in [0.717, 1.165) is 11.0 Å². The molecule has 0 radical (unpaired) electrons. The summed E-state index contributed by atoms with van der Waals surface area (Å²) >= 11 is 0. The van der Waals surface area contributed by atoms with Crippen molar-refractivity contribution in [1.82, 2.24) is 0 Å². The summed E-state index contributed by atoms with van der Waals surface area (Å²) < 4.78 is 5.01. The van der Waals surface area contributed by atoms with E-state index < -0.39 is 33.8 Å². The minimum absolute atomic E-state index is 0.0571. The zero-order chi connectivity index (χ0) is 22.2. The smallest absolute Gasteiger partial charge is 0.338 e. The highest BCUT2D eigenvalue weighted by molar-refractivity contribution is 6.35. The fraction of sp³-hybridized carbons (Fsp3) is 0.238. The third-order valence-electron chi connectivity index (χ3n) is 4.62. The van der Waals surface area contributed by atoms with Crippen LogP contribution in [-0.2, 0) is 9.53 Å². The molecule has 0 atom stereocenters. The zero-order valence-corrected chi connectivity index (χ0v) is 16.5. The lowest BCUT2D eigenvalue weighted by molar-refractivity contribution is -0.385. The van der Waals surface area contributed by atoms with Crippen molar-refractivity contribution in [3.63, 3.8) is 0 Å². The topological polar surface area (TPSA) is 124 Å². The van der Waals surface area contributed by atoms with E-state index >= 15 is 0 Å². The number of carbonyl (C=O) groups excluding carboxylic acids is 4. The fourth-order valence-electron chi connectivity index (χ4n) is 2.83. The number of ketones is 1. The van der Waals surface area contributed by atoms with E-state index in [1.165, 1.54) is 36.4 Å². The molecule has 154 valence electrons. The second-order valence-electron chi connectivity index (χ2n) is 7.70. The maximum atomic E-state index is 12.7. The van der Waals surface area contributed by atoms with Crippen molar-refractivity contribution in [2.75, 3.05) is 11.5 Å². The maximum Gasteiger partial charge on any atom is 0.338 e. The first kappa shape index (κ1) is 20.8. The Morgan fingerprint density at radius 1 is 1.03 bits per heavy atom. The number of benzene rings is 2. The molecule has 2 amide bonds. The average Bonchev–Trinajstić information content (AvgIpc) is 2.95. The Morgan fingerprint density at radius 3 is 2.23 bits per heavy atom. The van der Waals surface area contributed by atoms with E-state index in [4.69, 9.17) is 4.74 Å². The molecule has 0 bridgehead atoms. The van der Waals surface area contributed by atoms with Crippen molar-refractivity contribution in [2.24, 2.45) is 5.41 Å². The number of anilines is 1. The van der Waals surface area contributed by atoms with Gasteiger partial charge in [-0.05, 0) is 30.3 Å². The summed E-state index contributed by atoms with van der Waals surface area (Å²) in [6.07, 6.45) is 0. The highest BCUT2D eigenvalue weighted by atomic mass is 16.6. The summed E-state index contributed by atoms with van der Waals surface area (Å²) in [7, 11) is 0. The third-order valence-corrected chi connectivity index (χ3v) is 4.62. The summed E-state index contributed by atoms with van der Waals surface area (Å²) in [6, 6.07) is 9.25. The Hall–Kier alpha value is -3.88. The molecule has 3 rings (SSSR count). The van der Waals surface area contributed by atoms with Gasteiger partial charge in [0.1, 0.15) is 5.56 Å². The molecule has 0 aliphatic carbocycles. The molecular weight excluding hydrogens is 392 g/mol. The number of esters is 1. The first-order valence-corrected chi connectivity index (χ1v) is 8.99. The Labute approximate surface area is 171 Å². The molecular formula is C21H18N2O7. The normalized spacial score (nSPS) is 13.2. The highest BCUT2D eigenvalue weighted by Gasteiger charge is 2.41. The second kappa shape index (κ2) is 7.51. The number of nitro groups is 1. The van der Waals surface area contributed by atoms with Gasteiger partial charge in [0.25, 0.3) is 17.5 Å². The molecule has 1 heterocycles. The largest absolute Gasteiger partial charge is 0.454 e. The molecule has 0 aromatic heterocycles. The van der Waals surface area contributed by atoms with Crippen molar-refractivity contribution in [1.29, 1.82) is 0 Å². The Balaban J connectivity index is 1.80. The van der Waals surface area contributed by atoms with E-state index in [1.807, 2.05) is 0 Å². The molecule has 1 aliphatic rings. The lowest BCUT2D eigenvalue weighted by Crippen LogP contribution is -2.29. The van der Waals surface area contributed by atoms with Crippen LogP contribution in [0.2, 0.25) is 0 Å². The minimum Gasteiger partial charge on any atom is -0.454 e. The molecule has 9 heteroatoms. The van der Waals surface area contributed by atoms with Crippen LogP contribution < -0.4 is 4.90 Å². The monoisotopic (exact) mass is 410 g/mol. The number of rotatable bonds is 5. The average molecular weight is 410 g/mol. The highest BCUT2D eigenvalue weighted by Crippen LogP contribution is 2.33. The van der Waals surface area contributed by atoms with Crippen molar-refractivity contribution in [3.05, 3.63) is 69.3 Å². The van der Waals surface area contributed by atoms with Crippen LogP contribution in [0.1, 0.15) is 51.8 Å². The van der Waals surface area contributed by atoms with Crippen LogP contribution in [0.3, 0.4) is 0 Å². The second-order valence-corrected chi connectivity index (χ2v) is 7.70. The number of Topliss-reactive ketones (excluding diaryl/α,β-unsaturated/α-hetero) is 1. The molecule has 1 aliphatic heterocycles. The summed E-state index contributed by atoms with van der Waals surface area (Å²) in [6.45, 7) is 4.77. The number of nitrogens with zero attached hydrogens (tertiary/aromatic N) is 2. The van der Waals surface area contributed by atoms with Crippen molar-refractivity contribution in [2.45, 2.75) is 20.8 Å². The van der Waals surface area contributed by atoms with Gasteiger partial charge in [-0.25, -0.2) is 9.69 Å². The van der Waals surface area contributed by atoms with Crippen molar-refractivity contribution >= 4 is 34.9 Å². The van der Waals surface area contributed by atoms with Crippen LogP contribution >= 0.6 is 0 Å². The van der Waals surface area contributed by atoms with Gasteiger partial charge in [-0.2, -0.15) is 0 Å². The van der Waals surface area contributed by atoms with Gasteiger partial charge in [-0.3, -0.25) is 24.5 Å². The van der Waals surface area contributed by atoms with Gasteiger partial charge >= 0.3 is 5.97 Å². The standard InChI is InChI=1S/C21H18N2O7/c1-21(2,3)16(24)11-30-20(27)12-7-9-13(10-8-12)22-18(25)14-5-4-6-15(23(28)29)17(14)19(22)26/h4-10H,11H2,1-3H3. The fourth-order valence-corrected chi connectivity index (χ4v) is 2.83. The van der Waals surface area contributed by atoms with E-state index in [2.05, 4.69) is 0 Å². The molecule has 0 saturated carbocycles. The maximum absolute atomic E-state index is 12.7. The molecule has 30 heavy (non-hydrogen) atoms. The molecule has 0 fully saturated rings. The van der Waals surface area contributed by atoms with Gasteiger partial charge in [0.2, 0.25) is 0 Å². The molecule has 0 spiro atoms. The summed E-state index contributed by atoms with van der Waals surface area (Å²) in [4.78, 5) is 60.6. The van der Waals surface area contributed by atoms with Gasteiger partial charge in [0, 0.05) is 11.5 Å². The van der Waals surface area contributed by atoms with Gasteiger partial charge in [0.15, 0.2) is 12.4 Å². The van der Waals surface area contributed by atoms with Gasteiger partial charge < -0.3 is 4.74 Å². The predicted molar refractivity (Wildman–Crippen MR) is 105 cm³/mol. The van der Waals surface area contributed by atoms with E-state index in [9.17, 15) is 29.3 Å². The lowest BCUT2D eigenvalue weighted by Gasteiger charge is -2.16. The molecule has 2 aromatic carbocycles. The number of amides is 2. The van der Waals surface area contributed by atoms with Crippen LogP contribution in [0.15, 0.2) is 42.5 Å². The van der Waals surface area contributed by atoms with Crippen LogP contribution in [-0.4, -0.2) is 35.1 Å². The predicted octanol–water partition coefficient (Wildman–Crippen LogP) is 3.17. The number of hydrogen-bond donors (Lipinski definition) is 0. The first-order valence-electron chi connectivity index (χ1n) is 8.99. The number of hydrogen-bond acceptors (Lipinski definition) is 7. The van der Waals surface area contributed by atoms with Crippen molar-refractivity contribution < 1.29 is 28.8 Å². The number of imide groups is 1. The van der Waals surface area contributed by atoms with E-state index in [0.29, 0.717) is 0 Å². The summed E-state index contributed by atoms with van der Waals surface area (Å²) in [5.41, 5.74) is -1.13. The van der Waals surface area contributed by atoms with E-state index in [-0.39, 0.29) is 34.8 Å². The Bertz CT molecular complexity index is 1080. The van der Waals surface area contributed by atoms with Gasteiger partial charge in [-0.1, -0.05) is 26.8 Å². The number of nitro benzene ring substituents is 1. The number of fused-ring (bicyclic) bond motifs is 1. The van der Waals surface area contributed by atoms with Crippen molar-refractivity contribution in [3.8, 4) is 0 Å². The number of carbonyl (C=O) groups is 4. The van der Waals surface area contributed by atoms with Crippen LogP contribution in [0, 0.1) is 15.5 Å². The zero-order valence-electron chi connectivity index (χ0n) is 16.5. The van der Waals surface area contributed by atoms with Crippen LogP contribution in [0.5, 0.6) is 0 Å². The first-order chi connectivity index (χ1) is 14.0. The molecule has 2 aromatic rings. The molecule has 0 saturated heterocycles. The summed E-state index contributed by atoms with van der Waals surface area (Å²) in [5, 5.41) is 11.2. The Kier molecular flexibility index (Phi) is 5.22.